The van der Waals surface area contributed by atoms with Crippen molar-refractivity contribution in [3.63, 3.8) is 0 Å². The second-order valence-electron chi connectivity index (χ2n) is 4.74. The molecule has 2 nitrogen and oxygen atoms in total. The van der Waals surface area contributed by atoms with Crippen molar-refractivity contribution in [2.45, 2.75) is 31.8 Å². The van der Waals surface area contributed by atoms with Gasteiger partial charge in [-0.15, -0.1) is 0 Å². The Hall–Kier alpha value is 0.471. The Bertz CT molecular complexity index is 409. The summed E-state index contributed by atoms with van der Waals surface area (Å²) >= 11 is 0. The quantitative estimate of drug-likeness (QED) is 0.547. The Kier molecular flexibility index (Phi) is 8.15. The van der Waals surface area contributed by atoms with Gasteiger partial charge < -0.3 is 22.4 Å². The molecule has 0 aromatic heterocycles. The van der Waals surface area contributed by atoms with Crippen LogP contribution in [0.3, 0.4) is 0 Å². The first-order chi connectivity index (χ1) is 9.07. The third-order valence-corrected chi connectivity index (χ3v) is 3.22. The van der Waals surface area contributed by atoms with Crippen LogP contribution in [0.2, 0.25) is 0 Å². The zero-order valence-electron chi connectivity index (χ0n) is 11.7. The van der Waals surface area contributed by atoms with Crippen LogP contribution < -0.4 is 61.6 Å². The molecule has 0 N–H and O–H groups in total. The molecule has 1 aliphatic rings. The van der Waals surface area contributed by atoms with E-state index in [9.17, 15) is 12.9 Å². The second-order valence-corrected chi connectivity index (χ2v) is 4.74. The molecule has 1 aromatic rings. The fraction of sp³-hybridized carbons (Fsp3) is 0.538. The van der Waals surface area contributed by atoms with Gasteiger partial charge in [-0.1, -0.05) is 23.7 Å². The van der Waals surface area contributed by atoms with Crippen LogP contribution in [-0.2, 0) is 4.74 Å². The van der Waals surface area contributed by atoms with Crippen LogP contribution in [-0.4, -0.2) is 26.3 Å². The first-order valence-electron chi connectivity index (χ1n) is 6.60. The third kappa shape index (κ3) is 5.69. The van der Waals surface area contributed by atoms with Gasteiger partial charge in [-0.2, -0.15) is 0 Å². The molecule has 1 aromatic carbocycles. The van der Waals surface area contributed by atoms with Gasteiger partial charge in [0.2, 0.25) is 0 Å². The molecule has 1 heterocycles. The smallest absolute Gasteiger partial charge is 0.497 e. The number of rotatable bonds is 6. The molecule has 1 atom stereocenters. The zero-order chi connectivity index (χ0) is 13.7. The fourth-order valence-corrected chi connectivity index (χ4v) is 2.25. The number of benzene rings is 1. The summed E-state index contributed by atoms with van der Waals surface area (Å²) in [6.07, 6.45) is 3.93. The van der Waals surface area contributed by atoms with E-state index in [0.29, 0.717) is 13.0 Å². The van der Waals surface area contributed by atoms with E-state index in [1.165, 1.54) is 12.1 Å². The Labute approximate surface area is 159 Å². The average Bonchev–Trinajstić information content (AvgIpc) is 2.87. The van der Waals surface area contributed by atoms with Crippen molar-refractivity contribution in [1.29, 1.82) is 0 Å². The van der Waals surface area contributed by atoms with Crippen molar-refractivity contribution in [3.8, 4) is 5.75 Å². The van der Waals surface area contributed by atoms with Gasteiger partial charge in [-0.05, 0) is 31.7 Å². The molecule has 0 aliphatic carbocycles. The largest absolute Gasteiger partial charge is 1.00 e. The van der Waals surface area contributed by atoms with Crippen molar-refractivity contribution in [1.82, 2.24) is 0 Å². The summed E-state index contributed by atoms with van der Waals surface area (Å²) in [6.45, 7) is -3.93. The summed E-state index contributed by atoms with van der Waals surface area (Å²) in [5.41, 5.74) is -0.653. The van der Waals surface area contributed by atoms with Crippen molar-refractivity contribution < 1.29 is 73.8 Å². The molecule has 106 valence electrons. The van der Waals surface area contributed by atoms with Gasteiger partial charge in [0.05, 0.1) is 18.5 Å². The van der Waals surface area contributed by atoms with E-state index in [1.807, 2.05) is 0 Å². The van der Waals surface area contributed by atoms with Crippen LogP contribution >= 0.6 is 0 Å². The normalized spacial score (nSPS) is 18.6. The Morgan fingerprint density at radius 3 is 2.65 bits per heavy atom. The van der Waals surface area contributed by atoms with Gasteiger partial charge >= 0.3 is 58.4 Å². The van der Waals surface area contributed by atoms with E-state index in [2.05, 4.69) is 0 Å². The SMILES string of the molecule is F[B-](F)(F)c1ccccc1OCCCC1CCCO1.[K+]. The molecule has 1 saturated heterocycles. The van der Waals surface area contributed by atoms with E-state index >= 15 is 0 Å². The van der Waals surface area contributed by atoms with Crippen LogP contribution in [0.1, 0.15) is 25.7 Å². The van der Waals surface area contributed by atoms with Crippen molar-refractivity contribution in [2.75, 3.05) is 13.2 Å². The number of halogens is 3. The Morgan fingerprint density at radius 1 is 1.25 bits per heavy atom. The van der Waals surface area contributed by atoms with Gasteiger partial charge in [0.25, 0.3) is 0 Å². The molecule has 0 radical (unpaired) electrons. The molecule has 0 saturated carbocycles. The average molecular weight is 312 g/mol. The summed E-state index contributed by atoms with van der Waals surface area (Å²) in [6, 6.07) is 5.37. The molecule has 1 unspecified atom stereocenters. The number of para-hydroxylation sites is 1. The van der Waals surface area contributed by atoms with Crippen LogP contribution in [0.4, 0.5) is 12.9 Å². The molecular formula is C13H17BF3KO2. The molecular weight excluding hydrogens is 295 g/mol. The van der Waals surface area contributed by atoms with Crippen molar-refractivity contribution in [3.05, 3.63) is 24.3 Å². The Morgan fingerprint density at radius 2 is 2.00 bits per heavy atom. The molecule has 0 spiro atoms. The van der Waals surface area contributed by atoms with Gasteiger partial charge in [-0.3, -0.25) is 0 Å². The van der Waals surface area contributed by atoms with E-state index in [4.69, 9.17) is 9.47 Å². The predicted molar refractivity (Wildman–Crippen MR) is 68.9 cm³/mol. The molecule has 2 rings (SSSR count). The topological polar surface area (TPSA) is 18.5 Å². The number of hydrogen-bond acceptors (Lipinski definition) is 2. The summed E-state index contributed by atoms with van der Waals surface area (Å²) in [7, 11) is 0. The fourth-order valence-electron chi connectivity index (χ4n) is 2.25. The summed E-state index contributed by atoms with van der Waals surface area (Å²) in [5.74, 6) is -0.0673. The minimum Gasteiger partial charge on any atom is -0.497 e. The number of hydrogen-bond donors (Lipinski definition) is 0. The summed E-state index contributed by atoms with van der Waals surface area (Å²) in [5, 5.41) is 0. The molecule has 0 amide bonds. The predicted octanol–water partition coefficient (Wildman–Crippen LogP) is 0.0830. The first-order valence-corrected chi connectivity index (χ1v) is 6.60. The molecule has 7 heteroatoms. The van der Waals surface area contributed by atoms with E-state index in [1.54, 1.807) is 6.07 Å². The maximum Gasteiger partial charge on any atom is 1.00 e. The van der Waals surface area contributed by atoms with E-state index < -0.39 is 12.4 Å². The van der Waals surface area contributed by atoms with Crippen molar-refractivity contribution >= 4 is 12.4 Å². The molecule has 20 heavy (non-hydrogen) atoms. The Balaban J connectivity index is 0.00000200. The van der Waals surface area contributed by atoms with Crippen LogP contribution in [0.15, 0.2) is 24.3 Å². The number of ether oxygens (including phenoxy) is 2. The summed E-state index contributed by atoms with van der Waals surface area (Å²) in [4.78, 5) is 0. The van der Waals surface area contributed by atoms with E-state index in [-0.39, 0.29) is 63.2 Å². The molecule has 0 bridgehead atoms. The van der Waals surface area contributed by atoms with Gasteiger partial charge in [0, 0.05) is 6.61 Å². The maximum absolute atomic E-state index is 12.8. The monoisotopic (exact) mass is 312 g/mol. The maximum atomic E-state index is 12.8. The standard InChI is InChI=1S/C13H17BF3O2.K/c15-14(16,17)12-7-1-2-8-13(12)19-10-4-6-11-5-3-9-18-11;/h1-2,7-8,11H,3-6,9-10H2;/q-1;+1. The van der Waals surface area contributed by atoms with Crippen LogP contribution in [0, 0.1) is 0 Å². The van der Waals surface area contributed by atoms with Crippen LogP contribution in [0.25, 0.3) is 0 Å². The zero-order valence-corrected chi connectivity index (χ0v) is 14.8. The van der Waals surface area contributed by atoms with Crippen molar-refractivity contribution in [2.24, 2.45) is 0 Å². The first kappa shape index (κ1) is 18.5. The van der Waals surface area contributed by atoms with Gasteiger partial charge in [-0.25, -0.2) is 0 Å². The molecule has 1 aliphatic heterocycles. The minimum absolute atomic E-state index is 0. The van der Waals surface area contributed by atoms with Gasteiger partial charge in [0.15, 0.2) is 0 Å². The third-order valence-electron chi connectivity index (χ3n) is 3.22. The van der Waals surface area contributed by atoms with Crippen LogP contribution in [0.5, 0.6) is 5.75 Å². The molecule has 1 fully saturated rings. The van der Waals surface area contributed by atoms with Gasteiger partial charge in [0.1, 0.15) is 0 Å². The minimum atomic E-state index is -5.02. The van der Waals surface area contributed by atoms with E-state index in [0.717, 1.165) is 31.9 Å². The second kappa shape index (κ2) is 8.80. The summed E-state index contributed by atoms with van der Waals surface area (Å²) < 4.78 is 49.0.